The fraction of sp³-hybridized carbons (Fsp3) is 0.684. The summed E-state index contributed by atoms with van der Waals surface area (Å²) in [6.45, 7) is 1.94. The third-order valence-corrected chi connectivity index (χ3v) is 7.44. The monoisotopic (exact) mass is 366 g/mol. The Kier molecular flexibility index (Phi) is 6.36. The van der Waals surface area contributed by atoms with Crippen LogP contribution in [0.1, 0.15) is 63.0 Å². The molecule has 0 aliphatic carbocycles. The Morgan fingerprint density at radius 3 is 2.12 bits per heavy atom. The van der Waals surface area contributed by atoms with Gasteiger partial charge in [0.25, 0.3) is 10.2 Å². The fourth-order valence-corrected chi connectivity index (χ4v) is 5.86. The van der Waals surface area contributed by atoms with Crippen molar-refractivity contribution in [3.63, 3.8) is 0 Å². The summed E-state index contributed by atoms with van der Waals surface area (Å²) in [7, 11) is -1.76. The zero-order valence-electron chi connectivity index (χ0n) is 15.2. The van der Waals surface area contributed by atoms with Crippen molar-refractivity contribution < 1.29 is 13.2 Å². The Hall–Kier alpha value is -1.11. The molecule has 1 atom stereocenters. The molecule has 1 aromatic carbocycles. The molecule has 0 aromatic heterocycles. The first kappa shape index (κ1) is 18.7. The molecular weight excluding hydrogens is 336 g/mol. The highest BCUT2D eigenvalue weighted by molar-refractivity contribution is 7.86. The number of hydrogen-bond acceptors (Lipinski definition) is 3. The molecule has 0 amide bonds. The molecule has 0 saturated carbocycles. The molecular formula is C19H30N2O3S. The molecule has 0 radical (unpaired) electrons. The van der Waals surface area contributed by atoms with Crippen LogP contribution in [0.25, 0.3) is 0 Å². The predicted octanol–water partition coefficient (Wildman–Crippen LogP) is 3.73. The van der Waals surface area contributed by atoms with E-state index in [0.717, 1.165) is 62.7 Å². The second-order valence-electron chi connectivity index (χ2n) is 7.07. The van der Waals surface area contributed by atoms with Crippen LogP contribution in [-0.4, -0.2) is 43.8 Å². The van der Waals surface area contributed by atoms with Crippen molar-refractivity contribution in [1.29, 1.82) is 0 Å². The smallest absolute Gasteiger partial charge is 0.282 e. The van der Waals surface area contributed by atoms with E-state index in [-0.39, 0.29) is 6.04 Å². The number of hydrogen-bond donors (Lipinski definition) is 0. The number of methoxy groups -OCH3 is 1. The van der Waals surface area contributed by atoms with Gasteiger partial charge in [0.2, 0.25) is 0 Å². The molecule has 1 unspecified atom stereocenters. The van der Waals surface area contributed by atoms with Crippen molar-refractivity contribution in [3.8, 4) is 5.75 Å². The summed E-state index contributed by atoms with van der Waals surface area (Å²) < 4.78 is 35.5. The van der Waals surface area contributed by atoms with Gasteiger partial charge in [-0.15, -0.1) is 0 Å². The van der Waals surface area contributed by atoms with Crippen LogP contribution in [0.4, 0.5) is 0 Å². The van der Waals surface area contributed by atoms with Crippen molar-refractivity contribution >= 4 is 10.2 Å². The molecule has 5 nitrogen and oxygen atoms in total. The van der Waals surface area contributed by atoms with Crippen molar-refractivity contribution in [2.75, 3.05) is 26.7 Å². The minimum Gasteiger partial charge on any atom is -0.497 e. The van der Waals surface area contributed by atoms with E-state index in [4.69, 9.17) is 4.74 Å². The van der Waals surface area contributed by atoms with Crippen molar-refractivity contribution in [3.05, 3.63) is 29.8 Å². The van der Waals surface area contributed by atoms with E-state index >= 15 is 0 Å². The molecule has 0 spiro atoms. The number of ether oxygens (including phenoxy) is 1. The third-order valence-electron chi connectivity index (χ3n) is 5.39. The van der Waals surface area contributed by atoms with Gasteiger partial charge in [0, 0.05) is 19.6 Å². The topological polar surface area (TPSA) is 49.9 Å². The van der Waals surface area contributed by atoms with E-state index in [2.05, 4.69) is 0 Å². The second kappa shape index (κ2) is 8.52. The van der Waals surface area contributed by atoms with E-state index in [1.165, 1.54) is 0 Å². The molecule has 140 valence electrons. The van der Waals surface area contributed by atoms with Crippen LogP contribution in [0.5, 0.6) is 5.75 Å². The summed E-state index contributed by atoms with van der Waals surface area (Å²) in [6.07, 6.45) is 8.21. The maximum atomic E-state index is 13.4. The summed E-state index contributed by atoms with van der Waals surface area (Å²) in [5, 5.41) is 0. The molecule has 2 aliphatic rings. The second-order valence-corrected chi connectivity index (χ2v) is 8.95. The molecule has 0 N–H and O–H groups in total. The first-order valence-electron chi connectivity index (χ1n) is 9.54. The highest BCUT2D eigenvalue weighted by Crippen LogP contribution is 2.34. The van der Waals surface area contributed by atoms with Gasteiger partial charge >= 0.3 is 0 Å². The van der Waals surface area contributed by atoms with E-state index in [9.17, 15) is 8.42 Å². The summed E-state index contributed by atoms with van der Waals surface area (Å²) in [5.74, 6) is 0.805. The quantitative estimate of drug-likeness (QED) is 0.816. The average molecular weight is 367 g/mol. The van der Waals surface area contributed by atoms with Crippen LogP contribution in [0, 0.1) is 0 Å². The molecule has 2 heterocycles. The SMILES string of the molecule is COc1ccc(C2CCCCCN2S(=O)(=O)N2CCCCCC2)cc1. The molecule has 2 fully saturated rings. The summed E-state index contributed by atoms with van der Waals surface area (Å²) in [4.78, 5) is 0. The molecule has 2 aliphatic heterocycles. The van der Waals surface area contributed by atoms with Crippen LogP contribution >= 0.6 is 0 Å². The van der Waals surface area contributed by atoms with Crippen molar-refractivity contribution in [2.24, 2.45) is 0 Å². The Bertz CT molecular complexity index is 637. The van der Waals surface area contributed by atoms with Crippen LogP contribution < -0.4 is 4.74 Å². The van der Waals surface area contributed by atoms with Crippen LogP contribution in [-0.2, 0) is 10.2 Å². The van der Waals surface area contributed by atoms with Gasteiger partial charge in [0.05, 0.1) is 13.2 Å². The standard InChI is InChI=1S/C19H30N2O3S/c1-24-18-12-10-17(11-13-18)19-9-5-4-8-16-21(19)25(22,23)20-14-6-2-3-7-15-20/h10-13,19H,2-9,14-16H2,1H3. The van der Waals surface area contributed by atoms with Crippen LogP contribution in [0.2, 0.25) is 0 Å². The number of rotatable bonds is 4. The van der Waals surface area contributed by atoms with Gasteiger partial charge in [-0.05, 0) is 43.4 Å². The largest absolute Gasteiger partial charge is 0.497 e. The van der Waals surface area contributed by atoms with Gasteiger partial charge in [-0.3, -0.25) is 0 Å². The van der Waals surface area contributed by atoms with Gasteiger partial charge in [0.1, 0.15) is 5.75 Å². The highest BCUT2D eigenvalue weighted by Gasteiger charge is 2.36. The summed E-state index contributed by atoms with van der Waals surface area (Å²) in [6, 6.07) is 7.81. The summed E-state index contributed by atoms with van der Waals surface area (Å²) in [5.41, 5.74) is 1.07. The Labute approximate surface area is 152 Å². The van der Waals surface area contributed by atoms with Gasteiger partial charge in [-0.25, -0.2) is 0 Å². The summed E-state index contributed by atoms with van der Waals surface area (Å²) >= 11 is 0. The molecule has 0 bridgehead atoms. The Morgan fingerprint density at radius 1 is 0.880 bits per heavy atom. The van der Waals surface area contributed by atoms with Crippen molar-refractivity contribution in [1.82, 2.24) is 8.61 Å². The first-order chi connectivity index (χ1) is 12.1. The van der Waals surface area contributed by atoms with Gasteiger partial charge in [-0.2, -0.15) is 17.0 Å². The first-order valence-corrected chi connectivity index (χ1v) is 10.9. The van der Waals surface area contributed by atoms with Gasteiger partial charge in [0.15, 0.2) is 0 Å². The Morgan fingerprint density at radius 2 is 1.48 bits per heavy atom. The molecule has 6 heteroatoms. The van der Waals surface area contributed by atoms with Crippen LogP contribution in [0.15, 0.2) is 24.3 Å². The molecule has 2 saturated heterocycles. The minimum absolute atomic E-state index is 0.0679. The van der Waals surface area contributed by atoms with E-state index < -0.39 is 10.2 Å². The molecule has 3 rings (SSSR count). The predicted molar refractivity (Wildman–Crippen MR) is 99.9 cm³/mol. The molecule has 25 heavy (non-hydrogen) atoms. The lowest BCUT2D eigenvalue weighted by Crippen LogP contribution is -2.45. The number of benzene rings is 1. The lowest BCUT2D eigenvalue weighted by molar-refractivity contribution is 0.289. The minimum atomic E-state index is -3.41. The van der Waals surface area contributed by atoms with Crippen LogP contribution in [0.3, 0.4) is 0 Å². The molecule has 1 aromatic rings. The zero-order chi connectivity index (χ0) is 17.7. The highest BCUT2D eigenvalue weighted by atomic mass is 32.2. The van der Waals surface area contributed by atoms with Gasteiger partial charge < -0.3 is 4.74 Å². The van der Waals surface area contributed by atoms with Crippen molar-refractivity contribution in [2.45, 2.75) is 57.4 Å². The number of nitrogens with zero attached hydrogens (tertiary/aromatic N) is 2. The van der Waals surface area contributed by atoms with E-state index in [1.807, 2.05) is 24.3 Å². The van der Waals surface area contributed by atoms with E-state index in [0.29, 0.717) is 19.6 Å². The van der Waals surface area contributed by atoms with E-state index in [1.54, 1.807) is 15.7 Å². The third kappa shape index (κ3) is 4.36. The maximum absolute atomic E-state index is 13.4. The lowest BCUT2D eigenvalue weighted by atomic mass is 10.0. The normalized spacial score (nSPS) is 24.4. The maximum Gasteiger partial charge on any atom is 0.282 e. The lowest BCUT2D eigenvalue weighted by Gasteiger charge is -2.34. The van der Waals surface area contributed by atoms with Gasteiger partial charge in [-0.1, -0.05) is 37.8 Å². The Balaban J connectivity index is 1.88. The zero-order valence-corrected chi connectivity index (χ0v) is 16.0. The average Bonchev–Trinajstić information content (AvgIpc) is 3.05. The fourth-order valence-electron chi connectivity index (χ4n) is 3.94.